The first-order chi connectivity index (χ1) is 8.84. The fourth-order valence-electron chi connectivity index (χ4n) is 2.50. The van der Waals surface area contributed by atoms with Crippen LogP contribution in [0.15, 0.2) is 30.3 Å². The van der Waals surface area contributed by atoms with Gasteiger partial charge in [0.2, 0.25) is 0 Å². The van der Waals surface area contributed by atoms with Crippen molar-refractivity contribution in [1.82, 2.24) is 4.98 Å². The van der Waals surface area contributed by atoms with Gasteiger partial charge in [0.05, 0.1) is 11.6 Å². The summed E-state index contributed by atoms with van der Waals surface area (Å²) in [4.78, 5) is 4.57. The number of aryl methyl sites for hydroxylation is 1. The van der Waals surface area contributed by atoms with E-state index in [1.54, 1.807) is 0 Å². The van der Waals surface area contributed by atoms with Crippen LogP contribution in [-0.4, -0.2) is 18.4 Å². The molecule has 1 aromatic carbocycles. The van der Waals surface area contributed by atoms with E-state index >= 15 is 0 Å². The molecule has 2 heterocycles. The quantitative estimate of drug-likeness (QED) is 0.769. The molecule has 0 spiro atoms. The number of rotatable bonds is 1. The maximum atomic E-state index is 5.80. The van der Waals surface area contributed by atoms with Gasteiger partial charge in [-0.2, -0.15) is 0 Å². The van der Waals surface area contributed by atoms with Gasteiger partial charge < -0.3 is 9.47 Å². The van der Waals surface area contributed by atoms with Crippen molar-refractivity contribution in [1.29, 1.82) is 0 Å². The molecule has 0 N–H and O–H groups in total. The summed E-state index contributed by atoms with van der Waals surface area (Å²) < 4.78 is 11.2. The second-order valence-electron chi connectivity index (χ2n) is 4.69. The molecule has 1 atom stereocenters. The molecule has 94 valence electrons. The summed E-state index contributed by atoms with van der Waals surface area (Å²) in [7, 11) is 0. The highest BCUT2D eigenvalue weighted by Gasteiger charge is 2.18. The number of hydrogen-bond donors (Lipinski definition) is 0. The van der Waals surface area contributed by atoms with Gasteiger partial charge in [0.1, 0.15) is 6.79 Å². The van der Waals surface area contributed by atoms with Crippen molar-refractivity contribution < 1.29 is 9.47 Å². The van der Waals surface area contributed by atoms with Gasteiger partial charge in [-0.05, 0) is 37.5 Å². The topological polar surface area (TPSA) is 31.4 Å². The molecule has 0 amide bonds. The third-order valence-corrected chi connectivity index (χ3v) is 3.33. The average molecular weight is 243 g/mol. The minimum absolute atomic E-state index is 0.124. The molecule has 1 aliphatic heterocycles. The van der Waals surface area contributed by atoms with E-state index in [4.69, 9.17) is 9.47 Å². The number of aromatic nitrogens is 1. The lowest BCUT2D eigenvalue weighted by atomic mass is 9.99. The zero-order valence-corrected chi connectivity index (χ0v) is 10.6. The van der Waals surface area contributed by atoms with Crippen molar-refractivity contribution in [2.75, 3.05) is 13.4 Å². The summed E-state index contributed by atoms with van der Waals surface area (Å²) in [6.07, 6.45) is 2.17. The van der Waals surface area contributed by atoms with Crippen molar-refractivity contribution in [2.45, 2.75) is 25.9 Å². The maximum absolute atomic E-state index is 5.80. The second-order valence-corrected chi connectivity index (χ2v) is 4.69. The van der Waals surface area contributed by atoms with E-state index in [0.717, 1.165) is 30.7 Å². The normalized spacial score (nSPS) is 20.8. The van der Waals surface area contributed by atoms with E-state index in [1.807, 2.05) is 13.0 Å². The fourth-order valence-corrected chi connectivity index (χ4v) is 2.50. The van der Waals surface area contributed by atoms with Crippen molar-refractivity contribution in [3.05, 3.63) is 41.6 Å². The number of hydrogen-bond acceptors (Lipinski definition) is 3. The fraction of sp³-hybridized carbons (Fsp3) is 0.400. The van der Waals surface area contributed by atoms with Gasteiger partial charge in [0.15, 0.2) is 0 Å². The molecule has 3 rings (SSSR count). The molecule has 0 bridgehead atoms. The largest absolute Gasteiger partial charge is 0.355 e. The Morgan fingerprint density at radius 3 is 3.11 bits per heavy atom. The Bertz CT molecular complexity index is 545. The first-order valence-electron chi connectivity index (χ1n) is 6.40. The van der Waals surface area contributed by atoms with Crippen LogP contribution in [0, 0.1) is 6.92 Å². The molecular formula is C15H17NO2. The molecule has 1 unspecified atom stereocenters. The van der Waals surface area contributed by atoms with E-state index < -0.39 is 0 Å². The van der Waals surface area contributed by atoms with Crippen LogP contribution in [0.1, 0.15) is 30.2 Å². The number of nitrogens with zero attached hydrogens (tertiary/aromatic N) is 1. The molecule has 1 aliphatic rings. The van der Waals surface area contributed by atoms with Crippen LogP contribution in [0.4, 0.5) is 0 Å². The standard InChI is InChI=1S/C15H17NO2/c1-11-9-13(15-7-4-8-17-10-18-15)12-5-2-3-6-14(12)16-11/h2-3,5-6,9,15H,4,7-8,10H2,1H3. The van der Waals surface area contributed by atoms with Crippen molar-refractivity contribution in [2.24, 2.45) is 0 Å². The van der Waals surface area contributed by atoms with Gasteiger partial charge in [0, 0.05) is 17.7 Å². The van der Waals surface area contributed by atoms with Crippen LogP contribution in [0.5, 0.6) is 0 Å². The zero-order chi connectivity index (χ0) is 12.4. The van der Waals surface area contributed by atoms with Gasteiger partial charge in [0.25, 0.3) is 0 Å². The predicted molar refractivity (Wildman–Crippen MR) is 70.4 cm³/mol. The number of fused-ring (bicyclic) bond motifs is 1. The first kappa shape index (κ1) is 11.6. The molecule has 0 aliphatic carbocycles. The van der Waals surface area contributed by atoms with Crippen LogP contribution in [0.25, 0.3) is 10.9 Å². The van der Waals surface area contributed by atoms with Crippen LogP contribution in [0.2, 0.25) is 0 Å². The molecule has 2 aromatic rings. The van der Waals surface area contributed by atoms with E-state index in [2.05, 4.69) is 29.2 Å². The lowest BCUT2D eigenvalue weighted by Crippen LogP contribution is -2.05. The molecule has 3 nitrogen and oxygen atoms in total. The van der Waals surface area contributed by atoms with Gasteiger partial charge in [-0.3, -0.25) is 4.98 Å². The minimum atomic E-state index is 0.124. The SMILES string of the molecule is Cc1cc(C2CCCOCO2)c2ccccc2n1. The lowest BCUT2D eigenvalue weighted by Gasteiger charge is -2.17. The summed E-state index contributed by atoms with van der Waals surface area (Å²) in [6, 6.07) is 10.4. The molecule has 1 aromatic heterocycles. The Balaban J connectivity index is 2.08. The summed E-state index contributed by atoms with van der Waals surface area (Å²) in [5.74, 6) is 0. The maximum Gasteiger partial charge on any atom is 0.147 e. The molecule has 18 heavy (non-hydrogen) atoms. The average Bonchev–Trinajstić information content (AvgIpc) is 2.66. The van der Waals surface area contributed by atoms with E-state index in [0.29, 0.717) is 6.79 Å². The third-order valence-electron chi connectivity index (χ3n) is 3.33. The van der Waals surface area contributed by atoms with Crippen LogP contribution in [-0.2, 0) is 9.47 Å². The number of benzene rings is 1. The molecule has 1 fully saturated rings. The number of pyridine rings is 1. The van der Waals surface area contributed by atoms with Crippen molar-refractivity contribution in [3.8, 4) is 0 Å². The van der Waals surface area contributed by atoms with Crippen LogP contribution in [0.3, 0.4) is 0 Å². The minimum Gasteiger partial charge on any atom is -0.355 e. The summed E-state index contributed by atoms with van der Waals surface area (Å²) >= 11 is 0. The highest BCUT2D eigenvalue weighted by molar-refractivity contribution is 5.82. The zero-order valence-electron chi connectivity index (χ0n) is 10.6. The van der Waals surface area contributed by atoms with E-state index in [9.17, 15) is 0 Å². The lowest BCUT2D eigenvalue weighted by molar-refractivity contribution is -0.0681. The van der Waals surface area contributed by atoms with Crippen LogP contribution < -0.4 is 0 Å². The van der Waals surface area contributed by atoms with Gasteiger partial charge in [-0.15, -0.1) is 0 Å². The molecule has 3 heteroatoms. The summed E-state index contributed by atoms with van der Waals surface area (Å²) in [5.41, 5.74) is 3.32. The highest BCUT2D eigenvalue weighted by atomic mass is 16.7. The predicted octanol–water partition coefficient (Wildman–Crippen LogP) is 3.37. The van der Waals surface area contributed by atoms with Gasteiger partial charge in [-0.1, -0.05) is 18.2 Å². The molecular weight excluding hydrogens is 226 g/mol. The smallest absolute Gasteiger partial charge is 0.147 e. The summed E-state index contributed by atoms with van der Waals surface area (Å²) in [6.45, 7) is 3.21. The van der Waals surface area contributed by atoms with Gasteiger partial charge >= 0.3 is 0 Å². The van der Waals surface area contributed by atoms with Gasteiger partial charge in [-0.25, -0.2) is 0 Å². The van der Waals surface area contributed by atoms with E-state index in [-0.39, 0.29) is 6.10 Å². The molecule has 0 saturated carbocycles. The van der Waals surface area contributed by atoms with Crippen LogP contribution >= 0.6 is 0 Å². The number of para-hydroxylation sites is 1. The Kier molecular flexibility index (Phi) is 3.26. The Morgan fingerprint density at radius 2 is 2.17 bits per heavy atom. The monoisotopic (exact) mass is 243 g/mol. The number of ether oxygens (including phenoxy) is 2. The Hall–Kier alpha value is -1.45. The van der Waals surface area contributed by atoms with Crippen molar-refractivity contribution in [3.63, 3.8) is 0 Å². The second kappa shape index (κ2) is 5.04. The van der Waals surface area contributed by atoms with Crippen molar-refractivity contribution >= 4 is 10.9 Å². The Morgan fingerprint density at radius 1 is 1.28 bits per heavy atom. The summed E-state index contributed by atoms with van der Waals surface area (Å²) in [5, 5.41) is 1.19. The Labute approximate surface area is 107 Å². The first-order valence-corrected chi connectivity index (χ1v) is 6.40. The molecule has 1 saturated heterocycles. The van der Waals surface area contributed by atoms with E-state index in [1.165, 1.54) is 10.9 Å². The highest BCUT2D eigenvalue weighted by Crippen LogP contribution is 2.30. The third kappa shape index (κ3) is 2.24. The molecule has 0 radical (unpaired) electrons.